The number of carbonyl (C=O) groups excluding carboxylic acids is 1. The van der Waals surface area contributed by atoms with Crippen LogP contribution in [0.1, 0.15) is 36.1 Å². The van der Waals surface area contributed by atoms with Crippen LogP contribution in [0.5, 0.6) is 11.5 Å². The van der Waals surface area contributed by atoms with E-state index in [0.29, 0.717) is 36.0 Å². The van der Waals surface area contributed by atoms with Gasteiger partial charge in [-0.25, -0.2) is 0 Å². The lowest BCUT2D eigenvalue weighted by molar-refractivity contribution is -0.114. The first-order chi connectivity index (χ1) is 16.4. The third kappa shape index (κ3) is 5.33. The summed E-state index contributed by atoms with van der Waals surface area (Å²) in [7, 11) is 0. The minimum atomic E-state index is -0.146. The van der Waals surface area contributed by atoms with Crippen LogP contribution in [-0.4, -0.2) is 18.2 Å². The summed E-state index contributed by atoms with van der Waals surface area (Å²) in [5.41, 5.74) is 6.38. The molecule has 1 amide bonds. The Morgan fingerprint density at radius 1 is 0.971 bits per heavy atom. The van der Waals surface area contributed by atoms with Crippen LogP contribution < -0.4 is 14.5 Å². The quantitative estimate of drug-likeness (QED) is 0.237. The van der Waals surface area contributed by atoms with Crippen molar-refractivity contribution < 1.29 is 14.3 Å². The van der Waals surface area contributed by atoms with Crippen molar-refractivity contribution in [3.63, 3.8) is 0 Å². The van der Waals surface area contributed by atoms with Crippen LogP contribution in [0.3, 0.4) is 0 Å². The molecule has 6 heteroatoms. The van der Waals surface area contributed by atoms with Gasteiger partial charge >= 0.3 is 0 Å². The van der Waals surface area contributed by atoms with Gasteiger partial charge in [-0.05, 0) is 91.8 Å². The number of ether oxygens (including phenoxy) is 2. The third-order valence-corrected chi connectivity index (χ3v) is 6.17. The van der Waals surface area contributed by atoms with Crippen LogP contribution in [-0.2, 0) is 11.4 Å². The second-order valence-electron chi connectivity index (χ2n) is 8.24. The molecule has 174 valence electrons. The van der Waals surface area contributed by atoms with Crippen molar-refractivity contribution >= 4 is 46.0 Å². The van der Waals surface area contributed by atoms with Crippen molar-refractivity contribution in [2.45, 2.75) is 34.3 Å². The molecule has 3 aromatic carbocycles. The fourth-order valence-corrected chi connectivity index (χ4v) is 4.76. The molecule has 0 unspecified atom stereocenters. The molecule has 0 bridgehead atoms. The number of aryl methyl sites for hydroxylation is 2. The number of amides is 1. The van der Waals surface area contributed by atoms with E-state index in [4.69, 9.17) is 9.47 Å². The lowest BCUT2D eigenvalue weighted by Gasteiger charge is -2.15. The van der Waals surface area contributed by atoms with E-state index in [9.17, 15) is 4.79 Å². The highest BCUT2D eigenvalue weighted by atomic mass is 127. The smallest absolute Gasteiger partial charge is 0.280 e. The molecular formula is C28H27IN2O3. The van der Waals surface area contributed by atoms with E-state index in [1.807, 2.05) is 62.4 Å². The minimum absolute atomic E-state index is 0.146. The highest BCUT2D eigenvalue weighted by molar-refractivity contribution is 14.1. The first-order valence-electron chi connectivity index (χ1n) is 11.2. The van der Waals surface area contributed by atoms with Crippen LogP contribution in [0.25, 0.3) is 6.08 Å². The number of anilines is 1. The average Bonchev–Trinajstić information content (AvgIpc) is 3.07. The number of hydrogen-bond donors (Lipinski definition) is 0. The van der Waals surface area contributed by atoms with E-state index in [-0.39, 0.29) is 5.91 Å². The first kappa shape index (κ1) is 24.0. The second-order valence-corrected chi connectivity index (χ2v) is 9.41. The van der Waals surface area contributed by atoms with Crippen molar-refractivity contribution in [3.8, 4) is 11.5 Å². The summed E-state index contributed by atoms with van der Waals surface area (Å²) in [5.74, 6) is 1.22. The van der Waals surface area contributed by atoms with Gasteiger partial charge in [0.15, 0.2) is 11.5 Å². The van der Waals surface area contributed by atoms with Crippen LogP contribution in [0.2, 0.25) is 0 Å². The van der Waals surface area contributed by atoms with Gasteiger partial charge in [0.25, 0.3) is 5.91 Å². The summed E-state index contributed by atoms with van der Waals surface area (Å²) in [6, 6.07) is 19.8. The third-order valence-electron chi connectivity index (χ3n) is 5.37. The molecular weight excluding hydrogens is 539 g/mol. The molecule has 3 aromatic rings. The van der Waals surface area contributed by atoms with Crippen molar-refractivity contribution in [3.05, 3.63) is 92.1 Å². The van der Waals surface area contributed by atoms with E-state index in [1.54, 1.807) is 0 Å². The van der Waals surface area contributed by atoms with Gasteiger partial charge in [-0.15, -0.1) is 0 Å². The zero-order valence-electron chi connectivity index (χ0n) is 19.8. The van der Waals surface area contributed by atoms with E-state index < -0.39 is 0 Å². The minimum Gasteiger partial charge on any atom is -0.490 e. The number of rotatable bonds is 7. The fourth-order valence-electron chi connectivity index (χ4n) is 3.98. The van der Waals surface area contributed by atoms with E-state index in [2.05, 4.69) is 59.7 Å². The standard InChI is InChI=1S/C28H27IN2O3/c1-5-33-26-16-21(14-24-20(4)30-31(28(24)32)23-9-7-6-8-10-23)15-25(29)27(26)34-17-22-12-18(2)11-19(3)13-22/h6-16H,5,17H2,1-4H3/b24-14+. The number of benzene rings is 3. The monoisotopic (exact) mass is 566 g/mol. The van der Waals surface area contributed by atoms with Gasteiger partial charge in [0.2, 0.25) is 0 Å². The summed E-state index contributed by atoms with van der Waals surface area (Å²) in [5, 5.41) is 5.91. The van der Waals surface area contributed by atoms with Gasteiger partial charge in [0.1, 0.15) is 6.61 Å². The van der Waals surface area contributed by atoms with Gasteiger partial charge in [-0.1, -0.05) is 47.5 Å². The molecule has 0 aliphatic carbocycles. The van der Waals surface area contributed by atoms with Crippen LogP contribution in [0.15, 0.2) is 71.3 Å². The second kappa shape index (κ2) is 10.4. The summed E-state index contributed by atoms with van der Waals surface area (Å²) < 4.78 is 13.0. The Kier molecular flexibility index (Phi) is 7.36. The largest absolute Gasteiger partial charge is 0.490 e. The molecule has 34 heavy (non-hydrogen) atoms. The average molecular weight is 566 g/mol. The number of nitrogens with zero attached hydrogens (tertiary/aromatic N) is 2. The van der Waals surface area contributed by atoms with Gasteiger partial charge in [-0.2, -0.15) is 10.1 Å². The molecule has 1 heterocycles. The zero-order chi connectivity index (χ0) is 24.2. The summed E-state index contributed by atoms with van der Waals surface area (Å²) in [4.78, 5) is 13.1. The van der Waals surface area contributed by atoms with Crippen LogP contribution in [0.4, 0.5) is 5.69 Å². The Morgan fingerprint density at radius 2 is 1.68 bits per heavy atom. The molecule has 0 aromatic heterocycles. The maximum atomic E-state index is 13.1. The molecule has 1 aliphatic heterocycles. The van der Waals surface area contributed by atoms with Crippen molar-refractivity contribution in [2.24, 2.45) is 5.10 Å². The van der Waals surface area contributed by atoms with Crippen molar-refractivity contribution in [1.82, 2.24) is 0 Å². The Bertz CT molecular complexity index is 1260. The highest BCUT2D eigenvalue weighted by Gasteiger charge is 2.28. The van der Waals surface area contributed by atoms with Gasteiger partial charge in [-0.3, -0.25) is 4.79 Å². The predicted octanol–water partition coefficient (Wildman–Crippen LogP) is 6.69. The van der Waals surface area contributed by atoms with Crippen LogP contribution in [0, 0.1) is 17.4 Å². The molecule has 5 nitrogen and oxygen atoms in total. The fraction of sp³-hybridized carbons (Fsp3) is 0.214. The maximum absolute atomic E-state index is 13.1. The van der Waals surface area contributed by atoms with Crippen LogP contribution >= 0.6 is 22.6 Å². The number of hydrazone groups is 1. The Hall–Kier alpha value is -3.13. The molecule has 0 atom stereocenters. The lowest BCUT2D eigenvalue weighted by atomic mass is 10.1. The molecule has 0 N–H and O–H groups in total. The number of para-hydroxylation sites is 1. The molecule has 0 radical (unpaired) electrons. The van der Waals surface area contributed by atoms with Crippen molar-refractivity contribution in [2.75, 3.05) is 11.6 Å². The first-order valence-corrected chi connectivity index (χ1v) is 12.3. The highest BCUT2D eigenvalue weighted by Crippen LogP contribution is 2.36. The molecule has 1 aliphatic rings. The molecule has 0 spiro atoms. The SMILES string of the molecule is CCOc1cc(/C=C2/C(=O)N(c3ccccc3)N=C2C)cc(I)c1OCc1cc(C)cc(C)c1. The Labute approximate surface area is 214 Å². The molecule has 4 rings (SSSR count). The predicted molar refractivity (Wildman–Crippen MR) is 146 cm³/mol. The summed E-state index contributed by atoms with van der Waals surface area (Å²) in [6.07, 6.45) is 1.86. The molecule has 0 saturated heterocycles. The normalized spacial score (nSPS) is 14.5. The maximum Gasteiger partial charge on any atom is 0.280 e. The topological polar surface area (TPSA) is 51.1 Å². The van der Waals surface area contributed by atoms with E-state index in [0.717, 1.165) is 20.4 Å². The van der Waals surface area contributed by atoms with Gasteiger partial charge < -0.3 is 9.47 Å². The summed E-state index contributed by atoms with van der Waals surface area (Å²) in [6.45, 7) is 8.93. The Morgan fingerprint density at radius 3 is 2.35 bits per heavy atom. The number of hydrogen-bond acceptors (Lipinski definition) is 4. The van der Waals surface area contributed by atoms with E-state index >= 15 is 0 Å². The van der Waals surface area contributed by atoms with E-state index in [1.165, 1.54) is 16.1 Å². The van der Waals surface area contributed by atoms with Crippen molar-refractivity contribution in [1.29, 1.82) is 0 Å². The zero-order valence-corrected chi connectivity index (χ0v) is 21.9. The Balaban J connectivity index is 1.61. The number of halogens is 1. The molecule has 0 fully saturated rings. The van der Waals surface area contributed by atoms with Gasteiger partial charge in [0, 0.05) is 0 Å². The summed E-state index contributed by atoms with van der Waals surface area (Å²) >= 11 is 2.26. The molecule has 0 saturated carbocycles. The van der Waals surface area contributed by atoms with Gasteiger partial charge in [0.05, 0.1) is 27.1 Å². The lowest BCUT2D eigenvalue weighted by Crippen LogP contribution is -2.21. The number of carbonyl (C=O) groups is 1.